The van der Waals surface area contributed by atoms with Crippen molar-refractivity contribution < 1.29 is 17.9 Å². The van der Waals surface area contributed by atoms with E-state index in [1.165, 1.54) is 28.6 Å². The number of aliphatic hydroxyl groups is 1. The normalized spacial score (nSPS) is 18.0. The second-order valence-electron chi connectivity index (χ2n) is 4.63. The van der Waals surface area contributed by atoms with Crippen LogP contribution < -0.4 is 0 Å². The summed E-state index contributed by atoms with van der Waals surface area (Å²) in [5.41, 5.74) is 0.519. The first kappa shape index (κ1) is 13.5. The number of hydrogen-bond donors (Lipinski definition) is 1. The summed E-state index contributed by atoms with van der Waals surface area (Å²) >= 11 is 0. The molecule has 1 aliphatic rings. The Labute approximate surface area is 106 Å². The van der Waals surface area contributed by atoms with Crippen LogP contribution in [-0.2, 0) is 10.0 Å². The Morgan fingerprint density at radius 3 is 2.39 bits per heavy atom. The standard InChI is InChI=1S/C12H16FNO3S/c1-18(16,17)14(11-6-7-11)8-12(15)9-2-4-10(13)5-3-9/h2-5,11-12,15H,6-8H2,1H3/t12-/m0/s1. The Balaban J connectivity index is 2.09. The predicted molar refractivity (Wildman–Crippen MR) is 65.9 cm³/mol. The van der Waals surface area contributed by atoms with Crippen LogP contribution in [0.25, 0.3) is 0 Å². The molecule has 1 aromatic rings. The Bertz CT molecular complexity index is 511. The van der Waals surface area contributed by atoms with Crippen molar-refractivity contribution >= 4 is 10.0 Å². The van der Waals surface area contributed by atoms with Gasteiger partial charge in [-0.05, 0) is 30.5 Å². The Kier molecular flexibility index (Phi) is 3.70. The van der Waals surface area contributed by atoms with E-state index in [0.29, 0.717) is 5.56 Å². The third-order valence-corrected chi connectivity index (χ3v) is 4.29. The van der Waals surface area contributed by atoms with Gasteiger partial charge < -0.3 is 5.11 Å². The molecular formula is C12H16FNO3S. The molecular weight excluding hydrogens is 257 g/mol. The molecule has 1 aromatic carbocycles. The van der Waals surface area contributed by atoms with Gasteiger partial charge in [-0.15, -0.1) is 0 Å². The lowest BCUT2D eigenvalue weighted by atomic mass is 10.1. The van der Waals surface area contributed by atoms with Gasteiger partial charge in [0.25, 0.3) is 0 Å². The summed E-state index contributed by atoms with van der Waals surface area (Å²) in [6.07, 6.45) is 1.88. The van der Waals surface area contributed by atoms with Crippen molar-refractivity contribution in [2.45, 2.75) is 25.0 Å². The third-order valence-electron chi connectivity index (χ3n) is 2.99. The van der Waals surface area contributed by atoms with Gasteiger partial charge in [0.05, 0.1) is 12.4 Å². The van der Waals surface area contributed by atoms with Crippen LogP contribution in [0.3, 0.4) is 0 Å². The molecule has 0 spiro atoms. The van der Waals surface area contributed by atoms with Crippen molar-refractivity contribution in [3.8, 4) is 0 Å². The molecule has 100 valence electrons. The van der Waals surface area contributed by atoms with Crippen LogP contribution in [0.1, 0.15) is 24.5 Å². The maximum absolute atomic E-state index is 12.8. The molecule has 1 atom stereocenters. The molecule has 1 fully saturated rings. The fourth-order valence-electron chi connectivity index (χ4n) is 1.88. The third kappa shape index (κ3) is 3.28. The van der Waals surface area contributed by atoms with E-state index in [1.807, 2.05) is 0 Å². The molecule has 0 unspecified atom stereocenters. The average Bonchev–Trinajstić information content (AvgIpc) is 3.08. The SMILES string of the molecule is CS(=O)(=O)N(C[C@H](O)c1ccc(F)cc1)C1CC1. The number of rotatable bonds is 5. The van der Waals surface area contributed by atoms with E-state index in [0.717, 1.165) is 19.1 Å². The highest BCUT2D eigenvalue weighted by Gasteiger charge is 2.36. The number of hydrogen-bond acceptors (Lipinski definition) is 3. The highest BCUT2D eigenvalue weighted by molar-refractivity contribution is 7.88. The molecule has 0 aromatic heterocycles. The van der Waals surface area contributed by atoms with Crippen LogP contribution in [0, 0.1) is 5.82 Å². The average molecular weight is 273 g/mol. The highest BCUT2D eigenvalue weighted by Crippen LogP contribution is 2.30. The Morgan fingerprint density at radius 1 is 1.39 bits per heavy atom. The van der Waals surface area contributed by atoms with Crippen LogP contribution in [0.5, 0.6) is 0 Å². The molecule has 18 heavy (non-hydrogen) atoms. The summed E-state index contributed by atoms with van der Waals surface area (Å²) in [6.45, 7) is 0.0229. The minimum atomic E-state index is -3.31. The zero-order chi connectivity index (χ0) is 13.3. The maximum atomic E-state index is 12.8. The molecule has 2 rings (SSSR count). The van der Waals surface area contributed by atoms with E-state index in [1.54, 1.807) is 0 Å². The topological polar surface area (TPSA) is 57.6 Å². The number of sulfonamides is 1. The van der Waals surface area contributed by atoms with Crippen LogP contribution in [-0.4, -0.2) is 36.7 Å². The fourth-order valence-corrected chi connectivity index (χ4v) is 3.04. The predicted octanol–water partition coefficient (Wildman–Crippen LogP) is 1.28. The first-order valence-corrected chi connectivity index (χ1v) is 7.63. The molecule has 0 amide bonds. The molecule has 4 nitrogen and oxygen atoms in total. The monoisotopic (exact) mass is 273 g/mol. The lowest BCUT2D eigenvalue weighted by molar-refractivity contribution is 0.145. The summed E-state index contributed by atoms with van der Waals surface area (Å²) in [5.74, 6) is -0.381. The zero-order valence-corrected chi connectivity index (χ0v) is 10.9. The van der Waals surface area contributed by atoms with E-state index in [-0.39, 0.29) is 18.4 Å². The Morgan fingerprint density at radius 2 is 1.94 bits per heavy atom. The molecule has 1 saturated carbocycles. The summed E-state index contributed by atoms with van der Waals surface area (Å²) in [7, 11) is -3.31. The fraction of sp³-hybridized carbons (Fsp3) is 0.500. The summed E-state index contributed by atoms with van der Waals surface area (Å²) in [6, 6.07) is 5.44. The Hall–Kier alpha value is -0.980. The van der Waals surface area contributed by atoms with Gasteiger partial charge in [-0.1, -0.05) is 12.1 Å². The van der Waals surface area contributed by atoms with Crippen molar-refractivity contribution in [3.05, 3.63) is 35.6 Å². The van der Waals surface area contributed by atoms with Gasteiger partial charge in [0.15, 0.2) is 0 Å². The van der Waals surface area contributed by atoms with Crippen molar-refractivity contribution in [3.63, 3.8) is 0 Å². The van der Waals surface area contributed by atoms with E-state index in [9.17, 15) is 17.9 Å². The summed E-state index contributed by atoms with van der Waals surface area (Å²) in [5, 5.41) is 9.99. The van der Waals surface area contributed by atoms with Gasteiger partial charge in [0.1, 0.15) is 5.82 Å². The molecule has 0 saturated heterocycles. The molecule has 1 N–H and O–H groups in total. The second-order valence-corrected chi connectivity index (χ2v) is 6.57. The van der Waals surface area contributed by atoms with Crippen LogP contribution in [0.2, 0.25) is 0 Å². The summed E-state index contributed by atoms with van der Waals surface area (Å²) in [4.78, 5) is 0. The van der Waals surface area contributed by atoms with E-state index in [4.69, 9.17) is 0 Å². The zero-order valence-electron chi connectivity index (χ0n) is 10.1. The van der Waals surface area contributed by atoms with Crippen LogP contribution >= 0.6 is 0 Å². The van der Waals surface area contributed by atoms with Gasteiger partial charge in [0, 0.05) is 12.6 Å². The van der Waals surface area contributed by atoms with Crippen LogP contribution in [0.4, 0.5) is 4.39 Å². The lowest BCUT2D eigenvalue weighted by Crippen LogP contribution is -2.35. The smallest absolute Gasteiger partial charge is 0.211 e. The largest absolute Gasteiger partial charge is 0.387 e. The van der Waals surface area contributed by atoms with Crippen LogP contribution in [0.15, 0.2) is 24.3 Å². The molecule has 0 bridgehead atoms. The molecule has 0 radical (unpaired) electrons. The minimum absolute atomic E-state index is 0.00935. The van der Waals surface area contributed by atoms with E-state index < -0.39 is 16.1 Å². The van der Waals surface area contributed by atoms with Gasteiger partial charge in [-0.2, -0.15) is 4.31 Å². The van der Waals surface area contributed by atoms with E-state index in [2.05, 4.69) is 0 Å². The first-order valence-electron chi connectivity index (χ1n) is 5.78. The quantitative estimate of drug-likeness (QED) is 0.879. The number of halogens is 1. The first-order chi connectivity index (χ1) is 8.38. The second kappa shape index (κ2) is 4.95. The highest BCUT2D eigenvalue weighted by atomic mass is 32.2. The summed E-state index contributed by atoms with van der Waals surface area (Å²) < 4.78 is 37.2. The molecule has 0 heterocycles. The minimum Gasteiger partial charge on any atom is -0.387 e. The van der Waals surface area contributed by atoms with Crippen molar-refractivity contribution in [1.29, 1.82) is 0 Å². The van der Waals surface area contributed by atoms with Gasteiger partial charge in [0.2, 0.25) is 10.0 Å². The van der Waals surface area contributed by atoms with Gasteiger partial charge in [-0.3, -0.25) is 0 Å². The molecule has 1 aliphatic carbocycles. The van der Waals surface area contributed by atoms with Crippen molar-refractivity contribution in [1.82, 2.24) is 4.31 Å². The number of benzene rings is 1. The van der Waals surface area contributed by atoms with Crippen molar-refractivity contribution in [2.75, 3.05) is 12.8 Å². The molecule has 0 aliphatic heterocycles. The van der Waals surface area contributed by atoms with E-state index >= 15 is 0 Å². The number of nitrogens with zero attached hydrogens (tertiary/aromatic N) is 1. The maximum Gasteiger partial charge on any atom is 0.211 e. The van der Waals surface area contributed by atoms with Gasteiger partial charge >= 0.3 is 0 Å². The van der Waals surface area contributed by atoms with Crippen molar-refractivity contribution in [2.24, 2.45) is 0 Å². The van der Waals surface area contributed by atoms with Gasteiger partial charge in [-0.25, -0.2) is 12.8 Å². The number of aliphatic hydroxyl groups excluding tert-OH is 1. The molecule has 6 heteroatoms. The lowest BCUT2D eigenvalue weighted by Gasteiger charge is -2.22.